The van der Waals surface area contributed by atoms with Crippen molar-refractivity contribution in [2.45, 2.75) is 20.8 Å². The maximum absolute atomic E-state index is 12.4. The summed E-state index contributed by atoms with van der Waals surface area (Å²) in [6.07, 6.45) is 0. The monoisotopic (exact) mass is 243 g/mol. The van der Waals surface area contributed by atoms with Crippen LogP contribution < -0.4 is 11.0 Å². The summed E-state index contributed by atoms with van der Waals surface area (Å²) in [5.74, 6) is 0. The van der Waals surface area contributed by atoms with Gasteiger partial charge in [-0.15, -0.1) is 0 Å². The number of nitrogens with two attached hydrogens (primary N) is 1. The Morgan fingerprint density at radius 1 is 1.25 bits per heavy atom. The Bertz CT molecular complexity index is 396. The molecule has 0 aliphatic rings. The van der Waals surface area contributed by atoms with Crippen LogP contribution in [0.2, 0.25) is 0 Å². The number of hydrogen-bond donors (Lipinski definition) is 1. The van der Waals surface area contributed by atoms with Crippen LogP contribution in [0.5, 0.6) is 0 Å². The molecule has 0 heterocycles. The molecule has 1 aromatic rings. The summed E-state index contributed by atoms with van der Waals surface area (Å²) < 4.78 is 22.8. The highest BCUT2D eigenvalue weighted by molar-refractivity contribution is 7.62. The second-order valence-electron chi connectivity index (χ2n) is 3.37. The molecule has 1 rings (SSSR count). The highest BCUT2D eigenvalue weighted by atomic mass is 31.2. The molecule has 16 heavy (non-hydrogen) atoms. The van der Waals surface area contributed by atoms with Gasteiger partial charge >= 0.3 is 7.60 Å². The molecule has 5 heteroatoms. The smallest absolute Gasteiger partial charge is 0.361 e. The zero-order chi connectivity index (χ0) is 12.2. The fraction of sp³-hybridized carbons (Fsp3) is 0.455. The van der Waals surface area contributed by atoms with Crippen molar-refractivity contribution < 1.29 is 13.6 Å². The van der Waals surface area contributed by atoms with E-state index in [9.17, 15) is 4.57 Å². The van der Waals surface area contributed by atoms with Crippen LogP contribution in [-0.4, -0.2) is 13.2 Å². The second-order valence-corrected chi connectivity index (χ2v) is 5.40. The molecule has 90 valence electrons. The largest absolute Gasteiger partial charge is 0.398 e. The average Bonchev–Trinajstić information content (AvgIpc) is 2.22. The minimum Gasteiger partial charge on any atom is -0.398 e. The predicted octanol–water partition coefficient (Wildman–Crippen LogP) is 2.47. The summed E-state index contributed by atoms with van der Waals surface area (Å²) in [4.78, 5) is 0. The van der Waals surface area contributed by atoms with Crippen LogP contribution in [0.4, 0.5) is 5.69 Å². The molecule has 0 saturated heterocycles. The van der Waals surface area contributed by atoms with Crippen molar-refractivity contribution in [2.75, 3.05) is 18.9 Å². The van der Waals surface area contributed by atoms with Crippen molar-refractivity contribution in [2.24, 2.45) is 0 Å². The van der Waals surface area contributed by atoms with Crippen molar-refractivity contribution in [3.8, 4) is 0 Å². The number of anilines is 1. The SMILES string of the molecule is CCOP(=O)(OCC)c1ccc(C)c(N)c1. The number of aryl methyl sites for hydroxylation is 1. The number of benzene rings is 1. The van der Waals surface area contributed by atoms with E-state index < -0.39 is 7.60 Å². The molecule has 0 aliphatic carbocycles. The Labute approximate surface area is 96.3 Å². The molecule has 2 N–H and O–H groups in total. The van der Waals surface area contributed by atoms with E-state index in [1.165, 1.54) is 0 Å². The van der Waals surface area contributed by atoms with Crippen LogP contribution in [0.3, 0.4) is 0 Å². The van der Waals surface area contributed by atoms with Gasteiger partial charge in [0.25, 0.3) is 0 Å². The molecular weight excluding hydrogens is 225 g/mol. The lowest BCUT2D eigenvalue weighted by Gasteiger charge is -2.17. The van der Waals surface area contributed by atoms with Gasteiger partial charge in [-0.05, 0) is 38.5 Å². The van der Waals surface area contributed by atoms with E-state index in [2.05, 4.69) is 0 Å². The van der Waals surface area contributed by atoms with E-state index in [0.717, 1.165) is 5.56 Å². The average molecular weight is 243 g/mol. The van der Waals surface area contributed by atoms with Crippen molar-refractivity contribution in [3.05, 3.63) is 23.8 Å². The zero-order valence-electron chi connectivity index (χ0n) is 9.90. The molecule has 0 unspecified atom stereocenters. The Kier molecular flexibility index (Phi) is 4.54. The van der Waals surface area contributed by atoms with Crippen molar-refractivity contribution in [1.29, 1.82) is 0 Å². The number of hydrogen-bond acceptors (Lipinski definition) is 4. The van der Waals surface area contributed by atoms with E-state index in [1.807, 2.05) is 13.0 Å². The molecule has 0 bridgehead atoms. The zero-order valence-corrected chi connectivity index (χ0v) is 10.8. The van der Waals surface area contributed by atoms with Gasteiger partial charge < -0.3 is 14.8 Å². The quantitative estimate of drug-likeness (QED) is 0.637. The van der Waals surface area contributed by atoms with Gasteiger partial charge in [0, 0.05) is 5.69 Å². The summed E-state index contributed by atoms with van der Waals surface area (Å²) in [6.45, 7) is 6.13. The minimum absolute atomic E-state index is 0.338. The third-order valence-electron chi connectivity index (χ3n) is 2.18. The van der Waals surface area contributed by atoms with Crippen LogP contribution in [0.25, 0.3) is 0 Å². The maximum atomic E-state index is 12.4. The fourth-order valence-electron chi connectivity index (χ4n) is 1.32. The first-order chi connectivity index (χ1) is 7.53. The Hall–Kier alpha value is -0.830. The summed E-state index contributed by atoms with van der Waals surface area (Å²) in [5.41, 5.74) is 7.32. The lowest BCUT2D eigenvalue weighted by atomic mass is 10.2. The first-order valence-electron chi connectivity index (χ1n) is 5.29. The first-order valence-corrected chi connectivity index (χ1v) is 6.83. The summed E-state index contributed by atoms with van der Waals surface area (Å²) in [5, 5.41) is 0.513. The normalized spacial score (nSPS) is 11.7. The molecule has 0 atom stereocenters. The first kappa shape index (κ1) is 13.2. The van der Waals surface area contributed by atoms with Crippen molar-refractivity contribution in [1.82, 2.24) is 0 Å². The highest BCUT2D eigenvalue weighted by Gasteiger charge is 2.26. The van der Waals surface area contributed by atoms with E-state index in [4.69, 9.17) is 14.8 Å². The molecular formula is C11H18NO3P. The third-order valence-corrected chi connectivity index (χ3v) is 4.28. The van der Waals surface area contributed by atoms with Crippen LogP contribution in [0, 0.1) is 6.92 Å². The van der Waals surface area contributed by atoms with E-state index in [-0.39, 0.29) is 0 Å². The van der Waals surface area contributed by atoms with E-state index in [1.54, 1.807) is 26.0 Å². The number of nitrogen functional groups attached to an aromatic ring is 1. The summed E-state index contributed by atoms with van der Waals surface area (Å²) in [7, 11) is -3.20. The van der Waals surface area contributed by atoms with Gasteiger partial charge in [0.2, 0.25) is 0 Å². The van der Waals surface area contributed by atoms with Gasteiger partial charge in [0.1, 0.15) is 0 Å². The standard InChI is InChI=1S/C11H18NO3P/c1-4-14-16(13,15-5-2)10-7-6-9(3)11(12)8-10/h6-8H,4-5,12H2,1-3H3. The maximum Gasteiger partial charge on any atom is 0.361 e. The van der Waals surface area contributed by atoms with Gasteiger partial charge in [0.05, 0.1) is 18.5 Å². The molecule has 0 aliphatic heterocycles. The Morgan fingerprint density at radius 3 is 2.25 bits per heavy atom. The molecule has 0 aromatic heterocycles. The fourth-order valence-corrected chi connectivity index (χ4v) is 2.93. The number of rotatable bonds is 5. The molecule has 0 radical (unpaired) electrons. The molecule has 0 saturated carbocycles. The topological polar surface area (TPSA) is 61.5 Å². The summed E-state index contributed by atoms with van der Waals surface area (Å²) >= 11 is 0. The highest BCUT2D eigenvalue weighted by Crippen LogP contribution is 2.47. The lowest BCUT2D eigenvalue weighted by molar-refractivity contribution is 0.230. The molecule has 0 fully saturated rings. The van der Waals surface area contributed by atoms with Crippen LogP contribution in [0.1, 0.15) is 19.4 Å². The Morgan fingerprint density at radius 2 is 1.81 bits per heavy atom. The van der Waals surface area contributed by atoms with Crippen LogP contribution in [-0.2, 0) is 13.6 Å². The van der Waals surface area contributed by atoms with Gasteiger partial charge in [-0.3, -0.25) is 4.57 Å². The second kappa shape index (κ2) is 5.48. The van der Waals surface area contributed by atoms with Gasteiger partial charge in [-0.25, -0.2) is 0 Å². The van der Waals surface area contributed by atoms with Gasteiger partial charge in [0.15, 0.2) is 0 Å². The predicted molar refractivity (Wildman–Crippen MR) is 66.1 cm³/mol. The van der Waals surface area contributed by atoms with Crippen molar-refractivity contribution in [3.63, 3.8) is 0 Å². The van der Waals surface area contributed by atoms with Crippen LogP contribution >= 0.6 is 7.60 Å². The molecule has 0 amide bonds. The summed E-state index contributed by atoms with van der Waals surface area (Å²) in [6, 6.07) is 5.20. The molecule has 1 aromatic carbocycles. The van der Waals surface area contributed by atoms with E-state index in [0.29, 0.717) is 24.2 Å². The third kappa shape index (κ3) is 2.85. The lowest BCUT2D eigenvalue weighted by Crippen LogP contribution is -2.12. The molecule has 0 spiro atoms. The minimum atomic E-state index is -3.20. The van der Waals surface area contributed by atoms with Crippen molar-refractivity contribution >= 4 is 18.6 Å². The Balaban J connectivity index is 3.11. The van der Waals surface area contributed by atoms with E-state index >= 15 is 0 Å². The molecule has 4 nitrogen and oxygen atoms in total. The van der Waals surface area contributed by atoms with Gasteiger partial charge in [-0.1, -0.05) is 6.07 Å². The van der Waals surface area contributed by atoms with Gasteiger partial charge in [-0.2, -0.15) is 0 Å². The van der Waals surface area contributed by atoms with Crippen LogP contribution in [0.15, 0.2) is 18.2 Å².